The van der Waals surface area contributed by atoms with Gasteiger partial charge in [-0.25, -0.2) is 9.36 Å². The van der Waals surface area contributed by atoms with Gasteiger partial charge in [-0.15, -0.1) is 0 Å². The van der Waals surface area contributed by atoms with Crippen LogP contribution in [0.1, 0.15) is 23.6 Å². The molecule has 0 radical (unpaired) electrons. The Balaban J connectivity index is 1.77. The number of aromatic nitrogens is 2. The molecular weight excluding hydrogens is 396 g/mol. The monoisotopic (exact) mass is 412 g/mol. The van der Waals surface area contributed by atoms with Crippen LogP contribution in [0.4, 0.5) is 0 Å². The molecule has 0 spiro atoms. The van der Waals surface area contributed by atoms with Crippen LogP contribution in [0, 0.1) is 0 Å². The summed E-state index contributed by atoms with van der Waals surface area (Å²) in [4.78, 5) is 27.2. The van der Waals surface area contributed by atoms with Gasteiger partial charge in [-0.1, -0.05) is 35.9 Å². The third-order valence-corrected chi connectivity index (χ3v) is 4.98. The highest BCUT2D eigenvalue weighted by atomic mass is 35.5. The van der Waals surface area contributed by atoms with E-state index in [0.717, 1.165) is 10.1 Å². The summed E-state index contributed by atoms with van der Waals surface area (Å²) in [7, 11) is 1.45. The van der Waals surface area contributed by atoms with Crippen molar-refractivity contribution in [3.8, 4) is 17.3 Å². The van der Waals surface area contributed by atoms with Crippen molar-refractivity contribution >= 4 is 17.3 Å². The van der Waals surface area contributed by atoms with Gasteiger partial charge in [-0.3, -0.25) is 9.78 Å². The fourth-order valence-electron chi connectivity index (χ4n) is 3.31. The van der Waals surface area contributed by atoms with Crippen molar-refractivity contribution < 1.29 is 9.84 Å². The van der Waals surface area contributed by atoms with Crippen LogP contribution in [0.2, 0.25) is 5.02 Å². The van der Waals surface area contributed by atoms with E-state index in [2.05, 4.69) is 15.5 Å². The minimum atomic E-state index is -0.776. The molecule has 0 saturated heterocycles. The Hall–Kier alpha value is -3.52. The quantitative estimate of drug-likeness (QED) is 0.609. The highest BCUT2D eigenvalue weighted by Crippen LogP contribution is 2.29. The van der Waals surface area contributed by atoms with Crippen LogP contribution < -0.4 is 21.4 Å². The van der Waals surface area contributed by atoms with E-state index >= 15 is 0 Å². The van der Waals surface area contributed by atoms with Gasteiger partial charge in [0.05, 0.1) is 24.6 Å². The standard InChI is InChI=1S/C20H17ClN4O4/c1-29-16-5-3-2-4-15(16)25-19(27)17(18(26)22-20(25)28)14-10-13(23-24-14)11-6-8-12(21)9-7-11/h2-9,13,23,27H,10H2,1H3,(H,22,26,28)/t13-/m1/s1. The second-order valence-electron chi connectivity index (χ2n) is 6.46. The largest absolute Gasteiger partial charge is 0.495 e. The zero-order valence-electron chi connectivity index (χ0n) is 15.3. The minimum Gasteiger partial charge on any atom is -0.495 e. The van der Waals surface area contributed by atoms with E-state index in [1.165, 1.54) is 7.11 Å². The lowest BCUT2D eigenvalue weighted by Gasteiger charge is -2.14. The predicted molar refractivity (Wildman–Crippen MR) is 109 cm³/mol. The Morgan fingerprint density at radius 2 is 1.90 bits per heavy atom. The van der Waals surface area contributed by atoms with Gasteiger partial charge < -0.3 is 15.3 Å². The van der Waals surface area contributed by atoms with Crippen LogP contribution in [0.3, 0.4) is 0 Å². The zero-order valence-corrected chi connectivity index (χ0v) is 16.1. The number of rotatable bonds is 4. The van der Waals surface area contributed by atoms with Crippen LogP contribution in [0.25, 0.3) is 5.69 Å². The second kappa shape index (κ2) is 7.48. The minimum absolute atomic E-state index is 0.0699. The lowest BCUT2D eigenvalue weighted by atomic mass is 10.00. The van der Waals surface area contributed by atoms with Crippen molar-refractivity contribution in [3.63, 3.8) is 0 Å². The predicted octanol–water partition coefficient (Wildman–Crippen LogP) is 2.33. The Labute approximate surface area is 170 Å². The van der Waals surface area contributed by atoms with Crippen LogP contribution in [-0.2, 0) is 0 Å². The zero-order chi connectivity index (χ0) is 20.5. The molecule has 9 heteroatoms. The Bertz CT molecular complexity index is 1210. The second-order valence-corrected chi connectivity index (χ2v) is 6.90. The Morgan fingerprint density at radius 1 is 1.17 bits per heavy atom. The first-order valence-electron chi connectivity index (χ1n) is 8.79. The number of hydrazone groups is 1. The number of para-hydroxylation sites is 2. The molecule has 1 atom stereocenters. The van der Waals surface area contributed by atoms with Crippen LogP contribution in [-0.4, -0.2) is 27.5 Å². The van der Waals surface area contributed by atoms with Gasteiger partial charge in [-0.05, 0) is 29.8 Å². The fourth-order valence-corrected chi connectivity index (χ4v) is 3.44. The maximum Gasteiger partial charge on any atom is 0.335 e. The van der Waals surface area contributed by atoms with Gasteiger partial charge in [0, 0.05) is 11.4 Å². The number of methoxy groups -OCH3 is 1. The lowest BCUT2D eigenvalue weighted by molar-refractivity contribution is 0.401. The Kier molecular flexibility index (Phi) is 4.85. The average Bonchev–Trinajstić information content (AvgIpc) is 3.18. The van der Waals surface area contributed by atoms with Crippen molar-refractivity contribution in [2.75, 3.05) is 7.11 Å². The van der Waals surface area contributed by atoms with E-state index in [-0.39, 0.29) is 11.6 Å². The van der Waals surface area contributed by atoms with Crippen molar-refractivity contribution in [3.05, 3.63) is 85.5 Å². The maximum atomic E-state index is 12.5. The fraction of sp³-hybridized carbons (Fsp3) is 0.150. The molecule has 1 aliphatic rings. The molecule has 148 valence electrons. The molecule has 8 nitrogen and oxygen atoms in total. The number of aromatic hydroxyl groups is 1. The van der Waals surface area contributed by atoms with Crippen LogP contribution in [0.15, 0.2) is 63.2 Å². The van der Waals surface area contributed by atoms with Gasteiger partial charge in [0.25, 0.3) is 5.56 Å². The first-order valence-corrected chi connectivity index (χ1v) is 9.17. The first kappa shape index (κ1) is 18.8. The van der Waals surface area contributed by atoms with Gasteiger partial charge in [0.1, 0.15) is 11.3 Å². The molecule has 0 unspecified atom stereocenters. The molecule has 0 aliphatic carbocycles. The summed E-state index contributed by atoms with van der Waals surface area (Å²) in [5, 5.41) is 15.7. The van der Waals surface area contributed by atoms with Crippen LogP contribution in [0.5, 0.6) is 11.6 Å². The first-order chi connectivity index (χ1) is 14.0. The summed E-state index contributed by atoms with van der Waals surface area (Å²) in [5.41, 5.74) is 2.98. The number of ether oxygens (including phenoxy) is 1. The third-order valence-electron chi connectivity index (χ3n) is 4.73. The van der Waals surface area contributed by atoms with Crippen molar-refractivity contribution in [2.24, 2.45) is 5.10 Å². The molecule has 2 heterocycles. The maximum absolute atomic E-state index is 12.5. The van der Waals surface area contributed by atoms with Crippen molar-refractivity contribution in [1.29, 1.82) is 0 Å². The van der Waals surface area contributed by atoms with Gasteiger partial charge >= 0.3 is 5.69 Å². The number of hydrogen-bond donors (Lipinski definition) is 3. The molecule has 0 fully saturated rings. The van der Waals surface area contributed by atoms with Gasteiger partial charge in [0.15, 0.2) is 0 Å². The number of nitrogens with one attached hydrogen (secondary N) is 2. The SMILES string of the molecule is COc1ccccc1-n1c(O)c(C2=NN[C@@H](c3ccc(Cl)cc3)C2)c(=O)[nH]c1=O. The molecule has 4 rings (SSSR count). The number of nitrogens with zero attached hydrogens (tertiary/aromatic N) is 2. The molecule has 29 heavy (non-hydrogen) atoms. The number of aromatic amines is 1. The molecule has 2 aromatic carbocycles. The van der Waals surface area contributed by atoms with Gasteiger partial charge in [-0.2, -0.15) is 5.10 Å². The molecule has 0 saturated carbocycles. The summed E-state index contributed by atoms with van der Waals surface area (Å²) < 4.78 is 6.27. The summed E-state index contributed by atoms with van der Waals surface area (Å²) in [5.74, 6) is -0.131. The van der Waals surface area contributed by atoms with E-state index in [1.54, 1.807) is 36.4 Å². The molecule has 1 aromatic heterocycles. The Morgan fingerprint density at radius 3 is 2.62 bits per heavy atom. The summed E-state index contributed by atoms with van der Waals surface area (Å²) in [6.07, 6.45) is 0.350. The molecule has 0 amide bonds. The summed E-state index contributed by atoms with van der Waals surface area (Å²) in [6, 6.07) is 13.7. The average molecular weight is 413 g/mol. The third kappa shape index (κ3) is 3.38. The summed E-state index contributed by atoms with van der Waals surface area (Å²) >= 11 is 5.93. The number of halogens is 1. The van der Waals surface area contributed by atoms with Gasteiger partial charge in [0.2, 0.25) is 5.88 Å². The van der Waals surface area contributed by atoms with E-state index in [1.807, 2.05) is 12.1 Å². The number of benzene rings is 2. The van der Waals surface area contributed by atoms with Crippen LogP contribution >= 0.6 is 11.6 Å². The molecule has 1 aliphatic heterocycles. The molecule has 3 aromatic rings. The van der Waals surface area contributed by atoms with E-state index < -0.39 is 17.1 Å². The molecule has 0 bridgehead atoms. The smallest absolute Gasteiger partial charge is 0.335 e. The van der Waals surface area contributed by atoms with E-state index in [4.69, 9.17) is 16.3 Å². The summed E-state index contributed by atoms with van der Waals surface area (Å²) in [6.45, 7) is 0. The van der Waals surface area contributed by atoms with Crippen molar-refractivity contribution in [1.82, 2.24) is 15.0 Å². The topological polar surface area (TPSA) is 109 Å². The number of H-pyrrole nitrogens is 1. The lowest BCUT2D eigenvalue weighted by Crippen LogP contribution is -2.33. The molecular formula is C20H17ClN4O4. The van der Waals surface area contributed by atoms with E-state index in [9.17, 15) is 14.7 Å². The number of hydrogen-bond acceptors (Lipinski definition) is 6. The normalized spacial score (nSPS) is 15.7. The van der Waals surface area contributed by atoms with Crippen molar-refractivity contribution in [2.45, 2.75) is 12.5 Å². The molecule has 3 N–H and O–H groups in total. The highest BCUT2D eigenvalue weighted by Gasteiger charge is 2.28. The van der Waals surface area contributed by atoms with E-state index in [0.29, 0.717) is 28.6 Å². The highest BCUT2D eigenvalue weighted by molar-refractivity contribution is 6.30.